The number of hydrogen-bond donors (Lipinski definition) is 2. The Morgan fingerprint density at radius 1 is 1.44 bits per heavy atom. The van der Waals surface area contributed by atoms with Crippen molar-refractivity contribution in [3.05, 3.63) is 39.6 Å². The standard InChI is InChI=1S/C12H12FN3OS/c1-6-9(14)4-3-8(13)10(6)16-12(17)11-7(2)15-5-18-11/h3-5H,14H2,1-2H3,(H,16,17). The molecule has 0 saturated carbocycles. The fourth-order valence-electron chi connectivity index (χ4n) is 1.54. The number of rotatable bonds is 2. The molecule has 2 rings (SSSR count). The Hall–Kier alpha value is -1.95. The van der Waals surface area contributed by atoms with Gasteiger partial charge in [-0.15, -0.1) is 11.3 Å². The zero-order valence-corrected chi connectivity index (χ0v) is 10.8. The second kappa shape index (κ2) is 4.73. The Labute approximate surface area is 108 Å². The topological polar surface area (TPSA) is 68.0 Å². The molecule has 0 radical (unpaired) electrons. The average molecular weight is 265 g/mol. The summed E-state index contributed by atoms with van der Waals surface area (Å²) in [7, 11) is 0. The molecule has 0 fully saturated rings. The lowest BCUT2D eigenvalue weighted by atomic mass is 10.1. The smallest absolute Gasteiger partial charge is 0.267 e. The molecule has 6 heteroatoms. The van der Waals surface area contributed by atoms with Gasteiger partial charge in [0.25, 0.3) is 5.91 Å². The zero-order chi connectivity index (χ0) is 13.3. The van der Waals surface area contributed by atoms with Crippen LogP contribution in [-0.4, -0.2) is 10.9 Å². The van der Waals surface area contributed by atoms with Crippen LogP contribution in [0.15, 0.2) is 17.6 Å². The molecule has 1 amide bonds. The van der Waals surface area contributed by atoms with Gasteiger partial charge in [-0.05, 0) is 31.5 Å². The molecule has 0 aliphatic carbocycles. The summed E-state index contributed by atoms with van der Waals surface area (Å²) in [6.45, 7) is 3.39. The number of aromatic nitrogens is 1. The minimum atomic E-state index is -0.503. The fraction of sp³-hybridized carbons (Fsp3) is 0.167. The first kappa shape index (κ1) is 12.5. The zero-order valence-electron chi connectivity index (χ0n) is 9.95. The van der Waals surface area contributed by atoms with Crippen molar-refractivity contribution >= 4 is 28.6 Å². The summed E-state index contributed by atoms with van der Waals surface area (Å²) in [5.41, 5.74) is 8.96. The molecule has 0 saturated heterocycles. The van der Waals surface area contributed by atoms with Gasteiger partial charge in [-0.25, -0.2) is 9.37 Å². The van der Waals surface area contributed by atoms with E-state index in [-0.39, 0.29) is 11.6 Å². The molecule has 94 valence electrons. The van der Waals surface area contributed by atoms with Gasteiger partial charge >= 0.3 is 0 Å². The van der Waals surface area contributed by atoms with Gasteiger partial charge in [0.1, 0.15) is 10.7 Å². The van der Waals surface area contributed by atoms with E-state index in [1.165, 1.54) is 23.5 Å². The number of nitrogens with one attached hydrogen (secondary N) is 1. The first-order chi connectivity index (χ1) is 8.50. The van der Waals surface area contributed by atoms with E-state index in [0.29, 0.717) is 21.8 Å². The molecule has 3 N–H and O–H groups in total. The number of benzene rings is 1. The van der Waals surface area contributed by atoms with Crippen LogP contribution in [0.25, 0.3) is 0 Å². The van der Waals surface area contributed by atoms with Crippen LogP contribution in [0.2, 0.25) is 0 Å². The predicted octanol–water partition coefficient (Wildman–Crippen LogP) is 2.73. The van der Waals surface area contributed by atoms with Crippen molar-refractivity contribution in [3.8, 4) is 0 Å². The molecule has 0 aliphatic heterocycles. The number of aryl methyl sites for hydroxylation is 1. The van der Waals surface area contributed by atoms with Gasteiger partial charge in [-0.1, -0.05) is 0 Å². The summed E-state index contributed by atoms with van der Waals surface area (Å²) in [6.07, 6.45) is 0. The number of nitrogens with zero attached hydrogens (tertiary/aromatic N) is 1. The van der Waals surface area contributed by atoms with Crippen LogP contribution in [0.4, 0.5) is 15.8 Å². The average Bonchev–Trinajstić information content (AvgIpc) is 2.76. The first-order valence-electron chi connectivity index (χ1n) is 5.26. The van der Waals surface area contributed by atoms with E-state index >= 15 is 0 Å². The fourth-order valence-corrected chi connectivity index (χ4v) is 2.24. The lowest BCUT2D eigenvalue weighted by Crippen LogP contribution is -2.14. The molecule has 1 heterocycles. The van der Waals surface area contributed by atoms with Crippen LogP contribution in [0.3, 0.4) is 0 Å². The maximum absolute atomic E-state index is 13.7. The van der Waals surface area contributed by atoms with Gasteiger partial charge in [0.2, 0.25) is 0 Å². The largest absolute Gasteiger partial charge is 0.398 e. The van der Waals surface area contributed by atoms with Gasteiger partial charge in [-0.3, -0.25) is 4.79 Å². The number of amides is 1. The summed E-state index contributed by atoms with van der Waals surface area (Å²) in [5.74, 6) is -0.875. The van der Waals surface area contributed by atoms with Gasteiger partial charge in [-0.2, -0.15) is 0 Å². The third-order valence-electron chi connectivity index (χ3n) is 2.65. The van der Waals surface area contributed by atoms with Crippen molar-refractivity contribution in [3.63, 3.8) is 0 Å². The van der Waals surface area contributed by atoms with Crippen molar-refractivity contribution in [2.45, 2.75) is 13.8 Å². The molecule has 0 spiro atoms. The van der Waals surface area contributed by atoms with E-state index in [1.54, 1.807) is 19.4 Å². The highest BCUT2D eigenvalue weighted by molar-refractivity contribution is 7.12. The third kappa shape index (κ3) is 2.19. The molecule has 0 aliphatic rings. The monoisotopic (exact) mass is 265 g/mol. The molecule has 1 aromatic heterocycles. The molecule has 1 aromatic carbocycles. The lowest BCUT2D eigenvalue weighted by molar-refractivity contribution is 0.102. The molecular formula is C12H12FN3OS. The van der Waals surface area contributed by atoms with Crippen LogP contribution < -0.4 is 11.1 Å². The maximum Gasteiger partial charge on any atom is 0.267 e. The van der Waals surface area contributed by atoms with Crippen LogP contribution in [0.1, 0.15) is 20.9 Å². The van der Waals surface area contributed by atoms with Crippen molar-refractivity contribution in [2.75, 3.05) is 11.1 Å². The Bertz CT molecular complexity index is 609. The minimum absolute atomic E-state index is 0.118. The van der Waals surface area contributed by atoms with E-state index < -0.39 is 5.82 Å². The predicted molar refractivity (Wildman–Crippen MR) is 70.4 cm³/mol. The van der Waals surface area contributed by atoms with Crippen LogP contribution in [0.5, 0.6) is 0 Å². The van der Waals surface area contributed by atoms with Gasteiger partial charge < -0.3 is 11.1 Å². The number of thiazole rings is 1. The Morgan fingerprint density at radius 3 is 2.78 bits per heavy atom. The summed E-state index contributed by atoms with van der Waals surface area (Å²) in [6, 6.07) is 2.70. The molecule has 0 unspecified atom stereocenters. The number of nitrogen functional groups attached to an aromatic ring is 1. The SMILES string of the molecule is Cc1ncsc1C(=O)Nc1c(F)ccc(N)c1C. The van der Waals surface area contributed by atoms with Crippen LogP contribution in [-0.2, 0) is 0 Å². The number of nitrogens with two attached hydrogens (primary N) is 1. The molecule has 2 aromatic rings. The van der Waals surface area contributed by atoms with Gasteiger partial charge in [0.05, 0.1) is 16.9 Å². The van der Waals surface area contributed by atoms with Crippen molar-refractivity contribution in [1.29, 1.82) is 0 Å². The first-order valence-corrected chi connectivity index (χ1v) is 6.14. The van der Waals surface area contributed by atoms with E-state index in [4.69, 9.17) is 5.73 Å². The van der Waals surface area contributed by atoms with Gasteiger partial charge in [0, 0.05) is 5.69 Å². The minimum Gasteiger partial charge on any atom is -0.398 e. The van der Waals surface area contributed by atoms with Crippen LogP contribution in [0, 0.1) is 19.7 Å². The maximum atomic E-state index is 13.7. The number of carbonyl (C=O) groups excluding carboxylic acids is 1. The van der Waals surface area contributed by atoms with E-state index in [1.807, 2.05) is 0 Å². The van der Waals surface area contributed by atoms with Crippen molar-refractivity contribution < 1.29 is 9.18 Å². The Balaban J connectivity index is 2.33. The van der Waals surface area contributed by atoms with Crippen molar-refractivity contribution in [2.24, 2.45) is 0 Å². The molecule has 0 bridgehead atoms. The lowest BCUT2D eigenvalue weighted by Gasteiger charge is -2.10. The number of hydrogen-bond acceptors (Lipinski definition) is 4. The second-order valence-electron chi connectivity index (χ2n) is 3.86. The number of halogens is 1. The highest BCUT2D eigenvalue weighted by atomic mass is 32.1. The number of anilines is 2. The van der Waals surface area contributed by atoms with E-state index in [0.717, 1.165) is 0 Å². The van der Waals surface area contributed by atoms with Gasteiger partial charge in [0.15, 0.2) is 0 Å². The number of carbonyl (C=O) groups is 1. The Kier molecular flexibility index (Phi) is 3.29. The molecule has 18 heavy (non-hydrogen) atoms. The second-order valence-corrected chi connectivity index (χ2v) is 4.71. The van der Waals surface area contributed by atoms with Crippen molar-refractivity contribution in [1.82, 2.24) is 4.98 Å². The summed E-state index contributed by atoms with van der Waals surface area (Å²) < 4.78 is 13.7. The third-order valence-corrected chi connectivity index (χ3v) is 3.57. The Morgan fingerprint density at radius 2 is 2.17 bits per heavy atom. The summed E-state index contributed by atoms with van der Waals surface area (Å²) >= 11 is 1.22. The van der Waals surface area contributed by atoms with E-state index in [2.05, 4.69) is 10.3 Å². The quantitative estimate of drug-likeness (QED) is 0.820. The summed E-state index contributed by atoms with van der Waals surface area (Å²) in [4.78, 5) is 16.4. The normalized spacial score (nSPS) is 10.4. The van der Waals surface area contributed by atoms with E-state index in [9.17, 15) is 9.18 Å². The molecular weight excluding hydrogens is 253 g/mol. The highest BCUT2D eigenvalue weighted by Gasteiger charge is 2.16. The van der Waals surface area contributed by atoms with Crippen LogP contribution >= 0.6 is 11.3 Å². The highest BCUT2D eigenvalue weighted by Crippen LogP contribution is 2.25. The molecule has 0 atom stereocenters. The summed E-state index contributed by atoms with van der Waals surface area (Å²) in [5, 5.41) is 2.54. The molecule has 4 nitrogen and oxygen atoms in total.